The fourth-order valence-electron chi connectivity index (χ4n) is 3.00. The number of ketones is 1. The van der Waals surface area contributed by atoms with E-state index in [4.69, 9.17) is 9.47 Å². The average molecular weight is 348 g/mol. The van der Waals surface area contributed by atoms with Gasteiger partial charge in [-0.3, -0.25) is 9.48 Å². The molecule has 0 spiro atoms. The van der Waals surface area contributed by atoms with E-state index >= 15 is 0 Å². The van der Waals surface area contributed by atoms with Gasteiger partial charge in [0, 0.05) is 12.6 Å². The molecule has 1 aliphatic rings. The Morgan fingerprint density at radius 2 is 1.81 bits per heavy atom. The van der Waals surface area contributed by atoms with E-state index in [9.17, 15) is 4.79 Å². The van der Waals surface area contributed by atoms with E-state index in [0.717, 1.165) is 12.1 Å². The number of ether oxygens (including phenoxy) is 2. The van der Waals surface area contributed by atoms with Crippen molar-refractivity contribution < 1.29 is 14.3 Å². The maximum atomic E-state index is 12.4. The lowest BCUT2D eigenvalue weighted by molar-refractivity contribution is -0.128. The Kier molecular flexibility index (Phi) is 4.69. The van der Waals surface area contributed by atoms with Crippen LogP contribution in [0.5, 0.6) is 11.5 Å². The van der Waals surface area contributed by atoms with Gasteiger partial charge in [0.25, 0.3) is 0 Å². The quantitative estimate of drug-likeness (QED) is 0.686. The van der Waals surface area contributed by atoms with Crippen molar-refractivity contribution in [1.82, 2.24) is 9.78 Å². The van der Waals surface area contributed by atoms with Crippen molar-refractivity contribution in [1.29, 1.82) is 0 Å². The van der Waals surface area contributed by atoms with Crippen molar-refractivity contribution in [3.63, 3.8) is 0 Å². The van der Waals surface area contributed by atoms with Crippen molar-refractivity contribution in [2.75, 3.05) is 6.61 Å². The summed E-state index contributed by atoms with van der Waals surface area (Å²) >= 11 is 0. The molecule has 0 radical (unpaired) electrons. The zero-order chi connectivity index (χ0) is 17.8. The van der Waals surface area contributed by atoms with Gasteiger partial charge in [-0.15, -0.1) is 0 Å². The highest BCUT2D eigenvalue weighted by Gasteiger charge is 2.26. The number of aromatic nitrogens is 2. The highest BCUT2D eigenvalue weighted by atomic mass is 16.6. The first-order chi connectivity index (χ1) is 12.8. The molecule has 2 aromatic carbocycles. The second-order valence-electron chi connectivity index (χ2n) is 6.36. The van der Waals surface area contributed by atoms with Gasteiger partial charge in [0.2, 0.25) is 0 Å². The molecule has 1 atom stereocenters. The Labute approximate surface area is 152 Å². The van der Waals surface area contributed by atoms with Crippen LogP contribution < -0.4 is 9.47 Å². The summed E-state index contributed by atoms with van der Waals surface area (Å²) in [6, 6.07) is 17.6. The van der Waals surface area contributed by atoms with Crippen LogP contribution in [-0.4, -0.2) is 28.3 Å². The van der Waals surface area contributed by atoms with Gasteiger partial charge < -0.3 is 9.47 Å². The molecule has 3 aromatic rings. The average Bonchev–Trinajstić information content (AvgIpc) is 3.14. The van der Waals surface area contributed by atoms with E-state index in [1.54, 1.807) is 0 Å². The summed E-state index contributed by atoms with van der Waals surface area (Å²) in [6.07, 6.45) is 4.34. The van der Waals surface area contributed by atoms with E-state index in [2.05, 4.69) is 17.2 Å². The zero-order valence-electron chi connectivity index (χ0n) is 14.4. The second kappa shape index (κ2) is 7.44. The van der Waals surface area contributed by atoms with Gasteiger partial charge in [0.05, 0.1) is 12.7 Å². The van der Waals surface area contributed by atoms with Gasteiger partial charge in [0.15, 0.2) is 23.4 Å². The molecule has 0 amide bonds. The molecular formula is C21H20N2O3. The molecule has 0 fully saturated rings. The summed E-state index contributed by atoms with van der Waals surface area (Å²) in [6.45, 7) is 0.994. The first kappa shape index (κ1) is 16.4. The Morgan fingerprint density at radius 1 is 1.04 bits per heavy atom. The number of aryl methyl sites for hydroxylation is 1. The number of hydrogen-bond donors (Lipinski definition) is 0. The van der Waals surface area contributed by atoms with E-state index in [1.807, 2.05) is 59.5 Å². The lowest BCUT2D eigenvalue weighted by Gasteiger charge is -2.25. The third-order valence-electron chi connectivity index (χ3n) is 4.40. The normalized spacial score (nSPS) is 15.6. The summed E-state index contributed by atoms with van der Waals surface area (Å²) in [4.78, 5) is 12.4. The highest BCUT2D eigenvalue weighted by Crippen LogP contribution is 2.31. The van der Waals surface area contributed by atoms with Gasteiger partial charge in [-0.1, -0.05) is 42.5 Å². The summed E-state index contributed by atoms with van der Waals surface area (Å²) < 4.78 is 13.3. The second-order valence-corrected chi connectivity index (χ2v) is 6.36. The van der Waals surface area contributed by atoms with Gasteiger partial charge in [-0.25, -0.2) is 0 Å². The van der Waals surface area contributed by atoms with Crippen molar-refractivity contribution in [2.45, 2.75) is 25.5 Å². The molecule has 4 rings (SSSR count). The number of para-hydroxylation sites is 2. The molecule has 0 unspecified atom stereocenters. The fourth-order valence-corrected chi connectivity index (χ4v) is 3.00. The molecule has 0 bridgehead atoms. The topological polar surface area (TPSA) is 53.4 Å². The van der Waals surface area contributed by atoms with Crippen molar-refractivity contribution >= 4 is 5.78 Å². The number of carbonyl (C=O) groups excluding carboxylic acids is 1. The van der Waals surface area contributed by atoms with E-state index < -0.39 is 6.10 Å². The molecule has 5 nitrogen and oxygen atoms in total. The first-order valence-corrected chi connectivity index (χ1v) is 8.74. The Morgan fingerprint density at radius 3 is 2.65 bits per heavy atom. The van der Waals surface area contributed by atoms with Crippen LogP contribution in [0.3, 0.4) is 0 Å². The number of Topliss-reactive ketones (excluding diaryl/α,β-unsaturated/α-hetero) is 1. The van der Waals surface area contributed by atoms with Crippen LogP contribution in [0.4, 0.5) is 0 Å². The molecule has 5 heteroatoms. The van der Waals surface area contributed by atoms with Crippen molar-refractivity contribution in [3.8, 4) is 11.5 Å². The summed E-state index contributed by atoms with van der Waals surface area (Å²) in [5.74, 6) is 1.38. The monoisotopic (exact) mass is 348 g/mol. The third kappa shape index (κ3) is 3.77. The van der Waals surface area contributed by atoms with Crippen LogP contribution in [0.2, 0.25) is 0 Å². The Hall–Kier alpha value is -3.08. The molecule has 132 valence electrons. The Bertz CT molecular complexity index is 889. The fraction of sp³-hybridized carbons (Fsp3) is 0.238. The number of hydrogen-bond acceptors (Lipinski definition) is 4. The van der Waals surface area contributed by atoms with Crippen LogP contribution in [0.25, 0.3) is 0 Å². The molecule has 1 aliphatic heterocycles. The summed E-state index contributed by atoms with van der Waals surface area (Å²) in [5.41, 5.74) is 2.25. The molecule has 0 saturated carbocycles. The lowest BCUT2D eigenvalue weighted by atomic mass is 10.1. The highest BCUT2D eigenvalue weighted by molar-refractivity contribution is 5.84. The van der Waals surface area contributed by atoms with Crippen LogP contribution in [0.15, 0.2) is 67.0 Å². The van der Waals surface area contributed by atoms with Crippen LogP contribution >= 0.6 is 0 Å². The first-order valence-electron chi connectivity index (χ1n) is 8.74. The number of nitrogens with zero attached hydrogens (tertiary/aromatic N) is 2. The van der Waals surface area contributed by atoms with E-state index in [0.29, 0.717) is 24.3 Å². The standard InChI is InChI=1S/C21H20N2O3/c24-18(21-15-25-19-8-4-5-9-20(19)26-21)11-10-17-12-22-23(14-17)13-16-6-2-1-3-7-16/h1-9,12,14,21H,10-11,13,15H2/t21-/m0/s1. The largest absolute Gasteiger partial charge is 0.485 e. The predicted octanol–water partition coefficient (Wildman–Crippen LogP) is 3.27. The molecule has 1 aromatic heterocycles. The van der Waals surface area contributed by atoms with Crippen LogP contribution in [0.1, 0.15) is 17.5 Å². The predicted molar refractivity (Wildman–Crippen MR) is 97.5 cm³/mol. The minimum absolute atomic E-state index is 0.0512. The third-order valence-corrected chi connectivity index (χ3v) is 4.40. The number of carbonyl (C=O) groups is 1. The smallest absolute Gasteiger partial charge is 0.190 e. The van der Waals surface area contributed by atoms with Gasteiger partial charge >= 0.3 is 0 Å². The minimum atomic E-state index is -0.538. The minimum Gasteiger partial charge on any atom is -0.485 e. The van der Waals surface area contributed by atoms with Gasteiger partial charge in [-0.2, -0.15) is 5.10 Å². The molecule has 26 heavy (non-hydrogen) atoms. The number of rotatable bonds is 6. The SMILES string of the molecule is O=C(CCc1cnn(Cc2ccccc2)c1)[C@@H]1COc2ccccc2O1. The number of benzene rings is 2. The van der Waals surface area contributed by atoms with Gasteiger partial charge in [0.1, 0.15) is 6.61 Å². The van der Waals surface area contributed by atoms with E-state index in [1.165, 1.54) is 5.56 Å². The molecule has 0 N–H and O–H groups in total. The summed E-state index contributed by atoms with van der Waals surface area (Å²) in [7, 11) is 0. The van der Waals surface area contributed by atoms with Gasteiger partial charge in [-0.05, 0) is 29.7 Å². The molecule has 0 saturated heterocycles. The maximum absolute atomic E-state index is 12.4. The molecule has 2 heterocycles. The lowest BCUT2D eigenvalue weighted by Crippen LogP contribution is -2.36. The van der Waals surface area contributed by atoms with Crippen LogP contribution in [-0.2, 0) is 17.8 Å². The summed E-state index contributed by atoms with van der Waals surface area (Å²) in [5, 5.41) is 4.38. The zero-order valence-corrected chi connectivity index (χ0v) is 14.4. The van der Waals surface area contributed by atoms with Crippen molar-refractivity contribution in [2.24, 2.45) is 0 Å². The number of fused-ring (bicyclic) bond motifs is 1. The van der Waals surface area contributed by atoms with E-state index in [-0.39, 0.29) is 12.4 Å². The molecular weight excluding hydrogens is 328 g/mol. The maximum Gasteiger partial charge on any atom is 0.190 e. The Balaban J connectivity index is 1.31. The van der Waals surface area contributed by atoms with Crippen molar-refractivity contribution in [3.05, 3.63) is 78.1 Å². The van der Waals surface area contributed by atoms with Crippen LogP contribution in [0, 0.1) is 0 Å². The molecule has 0 aliphatic carbocycles.